The van der Waals surface area contributed by atoms with Gasteiger partial charge in [0.15, 0.2) is 15.7 Å². The first kappa shape index (κ1) is 31.5. The van der Waals surface area contributed by atoms with Gasteiger partial charge in [-0.25, -0.2) is 13.4 Å². The lowest BCUT2D eigenvalue weighted by Gasteiger charge is -2.23. The van der Waals surface area contributed by atoms with Crippen LogP contribution in [-0.4, -0.2) is 77.0 Å². The van der Waals surface area contributed by atoms with Crippen molar-refractivity contribution >= 4 is 56.4 Å². The molecular formula is C30H36ClN7O5S. The van der Waals surface area contributed by atoms with Crippen molar-refractivity contribution in [2.45, 2.75) is 69.0 Å². The molecule has 44 heavy (non-hydrogen) atoms. The molecule has 2 amide bonds. The van der Waals surface area contributed by atoms with Gasteiger partial charge in [0.1, 0.15) is 10.8 Å². The number of halogens is 1. The molecule has 1 aromatic heterocycles. The fourth-order valence-corrected chi connectivity index (χ4v) is 6.81. The summed E-state index contributed by atoms with van der Waals surface area (Å²) in [6, 6.07) is 9.52. The van der Waals surface area contributed by atoms with Gasteiger partial charge in [0, 0.05) is 24.7 Å². The summed E-state index contributed by atoms with van der Waals surface area (Å²) >= 11 is 6.42. The number of anilines is 4. The van der Waals surface area contributed by atoms with Crippen LogP contribution in [0.25, 0.3) is 0 Å². The van der Waals surface area contributed by atoms with Crippen molar-refractivity contribution in [3.05, 3.63) is 58.7 Å². The lowest BCUT2D eigenvalue weighted by molar-refractivity contribution is -0.121. The maximum absolute atomic E-state index is 13.6. The molecule has 1 fully saturated rings. The van der Waals surface area contributed by atoms with E-state index in [9.17, 15) is 18.0 Å². The van der Waals surface area contributed by atoms with E-state index in [0.29, 0.717) is 42.2 Å². The lowest BCUT2D eigenvalue weighted by atomic mass is 10.1. The highest BCUT2D eigenvalue weighted by atomic mass is 35.5. The molecule has 3 aromatic rings. The first-order valence-corrected chi connectivity index (χ1v) is 16.2. The predicted octanol–water partition coefficient (Wildman–Crippen LogP) is 4.10. The predicted molar refractivity (Wildman–Crippen MR) is 168 cm³/mol. The van der Waals surface area contributed by atoms with Crippen LogP contribution in [0.4, 0.5) is 23.1 Å². The zero-order valence-electron chi connectivity index (χ0n) is 25.2. The summed E-state index contributed by atoms with van der Waals surface area (Å²) < 4.78 is 32.0. The van der Waals surface area contributed by atoms with Crippen molar-refractivity contribution in [3.63, 3.8) is 0 Å². The van der Waals surface area contributed by atoms with Gasteiger partial charge in [0.2, 0.25) is 11.9 Å². The van der Waals surface area contributed by atoms with Gasteiger partial charge in [-0.15, -0.1) is 0 Å². The van der Waals surface area contributed by atoms with Gasteiger partial charge in [-0.2, -0.15) is 4.98 Å². The van der Waals surface area contributed by atoms with Crippen LogP contribution >= 0.6 is 11.6 Å². The molecule has 0 unspecified atom stereocenters. The minimum absolute atomic E-state index is 0.129. The third kappa shape index (κ3) is 6.17. The number of para-hydroxylation sites is 1. The van der Waals surface area contributed by atoms with Gasteiger partial charge in [0.25, 0.3) is 5.91 Å². The fourth-order valence-electron chi connectivity index (χ4n) is 5.47. The second-order valence-electron chi connectivity index (χ2n) is 11.6. The standard InChI is InChI=1S/C30H36ClN7O5S/c1-16(2)43-25-10-18-14-38(19-11-24(27(32)39)37(5)15-19)29(40)20(18)12-23(25)35-30-33-13-21(31)28(36-30)34-22-8-6-7-9-26(22)44(41,42)17(3)4/h6-10,12-13,16-17,19,24H,11,14-15H2,1-5H3,(H2,32,39)(H2,33,34,35,36)/t19-,24-/m0/s1. The quantitative estimate of drug-likeness (QED) is 0.294. The molecule has 2 aromatic carbocycles. The molecule has 2 aliphatic heterocycles. The highest BCUT2D eigenvalue weighted by molar-refractivity contribution is 7.92. The van der Waals surface area contributed by atoms with Crippen molar-refractivity contribution < 1.29 is 22.7 Å². The number of nitrogens with one attached hydrogen (secondary N) is 2. The Labute approximate surface area is 261 Å². The number of sulfone groups is 1. The topological polar surface area (TPSA) is 160 Å². The van der Waals surface area contributed by atoms with Crippen molar-refractivity contribution in [2.75, 3.05) is 24.2 Å². The summed E-state index contributed by atoms with van der Waals surface area (Å²) in [6.07, 6.45) is 1.71. The van der Waals surface area contributed by atoms with Gasteiger partial charge >= 0.3 is 0 Å². The number of hydrogen-bond donors (Lipinski definition) is 3. The van der Waals surface area contributed by atoms with E-state index in [1.807, 2.05) is 31.9 Å². The van der Waals surface area contributed by atoms with E-state index in [1.54, 1.807) is 43.0 Å². The summed E-state index contributed by atoms with van der Waals surface area (Å²) in [5.41, 5.74) is 7.69. The van der Waals surface area contributed by atoms with Crippen LogP contribution in [0.2, 0.25) is 5.02 Å². The number of nitrogens with two attached hydrogens (primary N) is 1. The highest BCUT2D eigenvalue weighted by Gasteiger charge is 2.41. The number of aromatic nitrogens is 2. The number of rotatable bonds is 10. The first-order chi connectivity index (χ1) is 20.8. The van der Waals surface area contributed by atoms with Crippen LogP contribution < -0.4 is 21.1 Å². The number of hydrogen-bond acceptors (Lipinski definition) is 10. The molecule has 14 heteroatoms. The van der Waals surface area contributed by atoms with Crippen LogP contribution in [-0.2, 0) is 21.2 Å². The van der Waals surface area contributed by atoms with Gasteiger partial charge < -0.3 is 26.0 Å². The molecule has 1 saturated heterocycles. The number of likely N-dealkylation sites (tertiary alicyclic amines) is 1. The third-order valence-electron chi connectivity index (χ3n) is 7.75. The molecular weight excluding hydrogens is 606 g/mol. The molecule has 0 bridgehead atoms. The van der Waals surface area contributed by atoms with Crippen molar-refractivity contribution in [1.82, 2.24) is 19.8 Å². The average molecular weight is 642 g/mol. The Morgan fingerprint density at radius 2 is 1.86 bits per heavy atom. The number of nitrogens with zero attached hydrogens (tertiary/aromatic N) is 4. The maximum atomic E-state index is 13.6. The molecule has 0 aliphatic carbocycles. The first-order valence-electron chi connectivity index (χ1n) is 14.3. The smallest absolute Gasteiger partial charge is 0.254 e. The minimum atomic E-state index is -3.59. The Balaban J connectivity index is 1.44. The third-order valence-corrected chi connectivity index (χ3v) is 10.2. The van der Waals surface area contributed by atoms with E-state index in [0.717, 1.165) is 5.56 Å². The van der Waals surface area contributed by atoms with Gasteiger partial charge in [-0.05, 0) is 71.0 Å². The van der Waals surface area contributed by atoms with Crippen LogP contribution in [0.1, 0.15) is 50.0 Å². The molecule has 12 nitrogen and oxygen atoms in total. The van der Waals surface area contributed by atoms with Gasteiger partial charge in [-0.1, -0.05) is 23.7 Å². The molecule has 5 rings (SSSR count). The fraction of sp³-hybridized carbons (Fsp3) is 0.400. The van der Waals surface area contributed by atoms with Gasteiger partial charge in [0.05, 0.1) is 39.9 Å². The maximum Gasteiger partial charge on any atom is 0.254 e. The summed E-state index contributed by atoms with van der Waals surface area (Å²) in [4.78, 5) is 38.1. The van der Waals surface area contributed by atoms with Gasteiger partial charge in [-0.3, -0.25) is 14.5 Å². The number of likely N-dealkylation sites (N-methyl/N-ethyl adjacent to an activating group) is 1. The van der Waals surface area contributed by atoms with E-state index >= 15 is 0 Å². The van der Waals surface area contributed by atoms with Crippen LogP contribution in [0.15, 0.2) is 47.5 Å². The van der Waals surface area contributed by atoms with E-state index < -0.39 is 27.0 Å². The van der Waals surface area contributed by atoms with Crippen molar-refractivity contribution in [1.29, 1.82) is 0 Å². The zero-order valence-corrected chi connectivity index (χ0v) is 26.7. The number of amides is 2. The Hall–Kier alpha value is -3.94. The number of carbonyl (C=O) groups is 2. The molecule has 4 N–H and O–H groups in total. The monoisotopic (exact) mass is 641 g/mol. The van der Waals surface area contributed by atoms with E-state index in [-0.39, 0.29) is 39.7 Å². The Morgan fingerprint density at radius 3 is 2.52 bits per heavy atom. The van der Waals surface area contributed by atoms with Crippen LogP contribution in [0, 0.1) is 0 Å². The Morgan fingerprint density at radius 1 is 1.14 bits per heavy atom. The molecule has 0 radical (unpaired) electrons. The summed E-state index contributed by atoms with van der Waals surface area (Å²) in [5, 5.41) is 5.76. The number of carbonyl (C=O) groups excluding carboxylic acids is 2. The average Bonchev–Trinajstić information content (AvgIpc) is 3.49. The molecule has 0 spiro atoms. The largest absolute Gasteiger partial charge is 0.489 e. The zero-order chi connectivity index (χ0) is 31.9. The molecule has 2 aliphatic rings. The van der Waals surface area contributed by atoms with Crippen molar-refractivity contribution in [3.8, 4) is 5.75 Å². The minimum Gasteiger partial charge on any atom is -0.489 e. The SMILES string of the molecule is CC(C)Oc1cc2c(cc1Nc1ncc(Cl)c(Nc3ccccc3S(=O)(=O)C(C)C)n1)C(=O)N([C@H]1C[C@@H](C(N)=O)N(C)C1)C2. The van der Waals surface area contributed by atoms with Crippen LogP contribution in [0.5, 0.6) is 5.75 Å². The second-order valence-corrected chi connectivity index (χ2v) is 14.5. The van der Waals surface area contributed by atoms with E-state index in [4.69, 9.17) is 22.1 Å². The Kier molecular flexibility index (Phi) is 8.74. The summed E-state index contributed by atoms with van der Waals surface area (Å²) in [6.45, 7) is 7.97. The summed E-state index contributed by atoms with van der Waals surface area (Å²) in [7, 11) is -1.76. The number of ether oxygens (including phenoxy) is 1. The Bertz CT molecular complexity index is 1720. The number of primary amides is 1. The highest BCUT2D eigenvalue weighted by Crippen LogP contribution is 2.38. The molecule has 2 atom stereocenters. The van der Waals surface area contributed by atoms with Crippen LogP contribution in [0.3, 0.4) is 0 Å². The number of benzene rings is 2. The molecule has 0 saturated carbocycles. The molecule has 234 valence electrons. The van der Waals surface area contributed by atoms with E-state index in [1.165, 1.54) is 12.3 Å². The summed E-state index contributed by atoms with van der Waals surface area (Å²) in [5.74, 6) is 0.303. The van der Waals surface area contributed by atoms with Crippen molar-refractivity contribution in [2.24, 2.45) is 5.73 Å². The lowest BCUT2D eigenvalue weighted by Crippen LogP contribution is -2.37. The number of fused-ring (bicyclic) bond motifs is 1. The normalized spacial score (nSPS) is 18.6. The van der Waals surface area contributed by atoms with E-state index in [2.05, 4.69) is 20.6 Å². The molecule has 3 heterocycles. The second kappa shape index (κ2) is 12.2.